The minimum atomic E-state index is -4.64. The van der Waals surface area contributed by atoms with Gasteiger partial charge < -0.3 is 15.0 Å². The summed E-state index contributed by atoms with van der Waals surface area (Å²) in [6.07, 6.45) is -2.91. The quantitative estimate of drug-likeness (QED) is 0.434. The van der Waals surface area contributed by atoms with Gasteiger partial charge in [0.2, 0.25) is 5.95 Å². The highest BCUT2D eigenvalue weighted by Crippen LogP contribution is 2.43. The third-order valence-electron chi connectivity index (χ3n) is 7.36. The van der Waals surface area contributed by atoms with Gasteiger partial charge in [0.1, 0.15) is 10.4 Å². The molecule has 1 aromatic carbocycles. The summed E-state index contributed by atoms with van der Waals surface area (Å²) in [6.45, 7) is 7.10. The molecule has 3 aliphatic heterocycles. The maximum Gasteiger partial charge on any atom is 0.420 e. The summed E-state index contributed by atoms with van der Waals surface area (Å²) in [4.78, 5) is 26.6. The molecular weight excluding hydrogens is 547 g/mol. The molecule has 0 unspecified atom stereocenters. The molecule has 39 heavy (non-hydrogen) atoms. The Morgan fingerprint density at radius 1 is 1.18 bits per heavy atom. The number of alkyl halides is 3. The van der Waals surface area contributed by atoms with E-state index in [9.17, 15) is 18.0 Å². The number of thioether (sulfide) groups is 1. The number of hydrogen-bond donors (Lipinski definition) is 1. The summed E-state index contributed by atoms with van der Waals surface area (Å²) in [6, 6.07) is 5.85. The Bertz CT molecular complexity index is 1420. The van der Waals surface area contributed by atoms with Crippen molar-refractivity contribution in [1.82, 2.24) is 19.8 Å². The topological polar surface area (TPSA) is 70.6 Å². The van der Waals surface area contributed by atoms with Crippen molar-refractivity contribution in [3.8, 4) is 10.6 Å². The van der Waals surface area contributed by atoms with Crippen LogP contribution < -0.4 is 5.32 Å². The zero-order valence-electron chi connectivity index (χ0n) is 21.6. The molecule has 12 heteroatoms. The van der Waals surface area contributed by atoms with E-state index in [4.69, 9.17) is 4.74 Å². The minimum Gasteiger partial charge on any atom is -0.381 e. The van der Waals surface area contributed by atoms with Crippen LogP contribution in [0.4, 0.5) is 24.8 Å². The first kappa shape index (κ1) is 26.5. The molecule has 0 radical (unpaired) electrons. The predicted octanol–water partition coefficient (Wildman–Crippen LogP) is 5.46. The fraction of sp³-hybridized carbons (Fsp3) is 0.444. The lowest BCUT2D eigenvalue weighted by molar-refractivity contribution is -0.137. The van der Waals surface area contributed by atoms with E-state index in [1.165, 1.54) is 22.9 Å². The van der Waals surface area contributed by atoms with Crippen molar-refractivity contribution in [1.29, 1.82) is 0 Å². The van der Waals surface area contributed by atoms with Crippen molar-refractivity contribution < 1.29 is 22.7 Å². The number of benzene rings is 1. The molecule has 0 bridgehead atoms. The Balaban J connectivity index is 1.29. The SMILES string of the molecule is Cc1cc2c(cc1Nc1ncc(C(F)(F)F)c(-c3cc4c(s3)C(=O)N(C)CCS4)n1)CCN(CC1COC1)C2. The highest BCUT2D eigenvalue weighted by molar-refractivity contribution is 7.99. The van der Waals surface area contributed by atoms with E-state index in [2.05, 4.69) is 32.3 Å². The van der Waals surface area contributed by atoms with Crippen LogP contribution in [0.1, 0.15) is 31.9 Å². The summed E-state index contributed by atoms with van der Waals surface area (Å²) < 4.78 is 47.3. The van der Waals surface area contributed by atoms with E-state index < -0.39 is 11.7 Å². The zero-order valence-corrected chi connectivity index (χ0v) is 23.2. The van der Waals surface area contributed by atoms with Gasteiger partial charge in [0.25, 0.3) is 5.91 Å². The second-order valence-corrected chi connectivity index (χ2v) is 12.5. The Labute approximate surface area is 232 Å². The lowest BCUT2D eigenvalue weighted by Crippen LogP contribution is -2.41. The molecule has 1 N–H and O–H groups in total. The molecule has 1 saturated heterocycles. The normalized spacial score (nSPS) is 18.4. The number of aromatic nitrogens is 2. The molecule has 0 spiro atoms. The minimum absolute atomic E-state index is 0.0863. The number of nitrogens with zero attached hydrogens (tertiary/aromatic N) is 4. The van der Waals surface area contributed by atoms with Gasteiger partial charge in [0.15, 0.2) is 0 Å². The number of carbonyl (C=O) groups is 1. The van der Waals surface area contributed by atoms with Crippen molar-refractivity contribution in [2.45, 2.75) is 31.0 Å². The number of rotatable bonds is 5. The van der Waals surface area contributed by atoms with Crippen molar-refractivity contribution >= 4 is 40.6 Å². The molecule has 0 atom stereocenters. The van der Waals surface area contributed by atoms with Crippen molar-refractivity contribution in [3.63, 3.8) is 0 Å². The summed E-state index contributed by atoms with van der Waals surface area (Å²) in [5, 5.41) is 3.16. The second kappa shape index (κ2) is 10.4. The number of amides is 1. The first-order chi connectivity index (χ1) is 18.7. The van der Waals surface area contributed by atoms with Gasteiger partial charge in [-0.1, -0.05) is 6.07 Å². The van der Waals surface area contributed by atoms with E-state index in [1.807, 2.05) is 6.92 Å². The Kier molecular flexibility index (Phi) is 7.07. The average molecular weight is 576 g/mol. The molecule has 6 rings (SSSR count). The van der Waals surface area contributed by atoms with Gasteiger partial charge >= 0.3 is 6.18 Å². The zero-order chi connectivity index (χ0) is 27.3. The largest absolute Gasteiger partial charge is 0.420 e. The number of anilines is 2. The number of fused-ring (bicyclic) bond motifs is 2. The van der Waals surface area contributed by atoms with Crippen LogP contribution in [-0.2, 0) is 23.9 Å². The number of thiophene rings is 1. The van der Waals surface area contributed by atoms with Crippen LogP contribution in [0.5, 0.6) is 0 Å². The first-order valence-electron chi connectivity index (χ1n) is 12.8. The smallest absolute Gasteiger partial charge is 0.381 e. The molecule has 0 saturated carbocycles. The van der Waals surface area contributed by atoms with Gasteiger partial charge in [0, 0.05) is 61.7 Å². The lowest BCUT2D eigenvalue weighted by atomic mass is 9.95. The molecule has 2 aromatic heterocycles. The van der Waals surface area contributed by atoms with E-state index in [-0.39, 0.29) is 17.5 Å². The van der Waals surface area contributed by atoms with Gasteiger partial charge in [0.05, 0.1) is 23.8 Å². The van der Waals surface area contributed by atoms with E-state index >= 15 is 0 Å². The number of halogens is 3. The summed E-state index contributed by atoms with van der Waals surface area (Å²) in [5.41, 5.74) is 3.09. The molecule has 5 heterocycles. The van der Waals surface area contributed by atoms with Gasteiger partial charge in [-0.3, -0.25) is 9.69 Å². The van der Waals surface area contributed by atoms with Crippen molar-refractivity contribution in [2.24, 2.45) is 5.92 Å². The van der Waals surface area contributed by atoms with Crippen LogP contribution in [0.3, 0.4) is 0 Å². The van der Waals surface area contributed by atoms with Gasteiger partial charge in [-0.2, -0.15) is 13.2 Å². The van der Waals surface area contributed by atoms with Crippen LogP contribution in [0.15, 0.2) is 29.3 Å². The molecule has 206 valence electrons. The van der Waals surface area contributed by atoms with E-state index in [0.717, 1.165) is 68.1 Å². The van der Waals surface area contributed by atoms with E-state index in [1.54, 1.807) is 18.0 Å². The average Bonchev–Trinajstić information content (AvgIpc) is 3.24. The van der Waals surface area contributed by atoms with Crippen LogP contribution in [0, 0.1) is 12.8 Å². The fourth-order valence-corrected chi connectivity index (χ4v) is 7.54. The maximum absolute atomic E-state index is 14.0. The number of aryl methyl sites for hydroxylation is 1. The predicted molar refractivity (Wildman–Crippen MR) is 146 cm³/mol. The number of ether oxygens (including phenoxy) is 1. The molecule has 7 nitrogen and oxygen atoms in total. The summed E-state index contributed by atoms with van der Waals surface area (Å²) in [5.74, 6) is 1.19. The number of nitrogens with one attached hydrogen (secondary N) is 1. The number of carbonyl (C=O) groups excluding carboxylic acids is 1. The van der Waals surface area contributed by atoms with Gasteiger partial charge in [-0.15, -0.1) is 23.1 Å². The number of hydrogen-bond acceptors (Lipinski definition) is 8. The Morgan fingerprint density at radius 2 is 2.00 bits per heavy atom. The van der Waals surface area contributed by atoms with Crippen molar-refractivity contribution in [2.75, 3.05) is 51.0 Å². The van der Waals surface area contributed by atoms with E-state index in [0.29, 0.717) is 32.9 Å². The van der Waals surface area contributed by atoms with Crippen LogP contribution in [0.2, 0.25) is 0 Å². The molecule has 3 aromatic rings. The maximum atomic E-state index is 14.0. The van der Waals surface area contributed by atoms with Gasteiger partial charge in [-0.05, 0) is 42.2 Å². The van der Waals surface area contributed by atoms with Gasteiger partial charge in [-0.25, -0.2) is 9.97 Å². The molecular formula is C27H28F3N5O2S2. The summed E-state index contributed by atoms with van der Waals surface area (Å²) in [7, 11) is 1.70. The monoisotopic (exact) mass is 575 g/mol. The second-order valence-electron chi connectivity index (χ2n) is 10.3. The van der Waals surface area contributed by atoms with Crippen LogP contribution in [-0.4, -0.2) is 71.3 Å². The Morgan fingerprint density at radius 3 is 2.74 bits per heavy atom. The molecule has 1 fully saturated rings. The van der Waals surface area contributed by atoms with Crippen LogP contribution in [0.25, 0.3) is 10.6 Å². The third kappa shape index (κ3) is 5.39. The first-order valence-corrected chi connectivity index (χ1v) is 14.6. The van der Waals surface area contributed by atoms with Crippen molar-refractivity contribution in [3.05, 3.63) is 51.5 Å². The summed E-state index contributed by atoms with van der Waals surface area (Å²) >= 11 is 2.52. The highest BCUT2D eigenvalue weighted by Gasteiger charge is 2.37. The fourth-order valence-electron chi connectivity index (χ4n) is 5.11. The molecule has 0 aliphatic carbocycles. The molecule has 3 aliphatic rings. The third-order valence-corrected chi connectivity index (χ3v) is 9.64. The molecule has 1 amide bonds. The Hall–Kier alpha value is -2.67. The lowest BCUT2D eigenvalue weighted by Gasteiger charge is -2.35. The highest BCUT2D eigenvalue weighted by atomic mass is 32.2. The van der Waals surface area contributed by atoms with Crippen LogP contribution >= 0.6 is 23.1 Å². The standard InChI is InChI=1S/C27H28F3N5O2S2/c1-15-7-18-12-35(11-16-13-37-14-16)4-3-17(18)8-20(15)32-26-31-10-19(27(28,29)30)23(33-26)21-9-22-24(39-21)25(36)34(2)5-6-38-22/h7-10,16H,3-6,11-14H2,1-2H3,(H,31,32,33).